The van der Waals surface area contributed by atoms with Gasteiger partial charge in [0.05, 0.1) is 0 Å². The molecular weight excluding hydrogens is 132 g/mol. The summed E-state index contributed by atoms with van der Waals surface area (Å²) >= 11 is 0. The largest absolute Gasteiger partial charge is 0.0847 e. The fourth-order valence-corrected chi connectivity index (χ4v) is 0.753. The zero-order chi connectivity index (χ0) is 8.69. The molecule has 0 heterocycles. The third-order valence-electron chi connectivity index (χ3n) is 1.79. The van der Waals surface area contributed by atoms with Crippen molar-refractivity contribution < 1.29 is 0 Å². The molecule has 0 nitrogen and oxygen atoms in total. The third kappa shape index (κ3) is 4.60. The Morgan fingerprint density at radius 2 is 1.73 bits per heavy atom. The molecule has 0 aliphatic heterocycles. The molecule has 0 rings (SSSR count). The molecule has 62 valence electrons. The van der Waals surface area contributed by atoms with Gasteiger partial charge in [0.1, 0.15) is 0 Å². The highest BCUT2D eigenvalue weighted by Crippen LogP contribution is 2.04. The predicted molar refractivity (Wildman–Crippen MR) is 52.6 cm³/mol. The van der Waals surface area contributed by atoms with E-state index >= 15 is 0 Å². The van der Waals surface area contributed by atoms with Crippen molar-refractivity contribution in [2.24, 2.45) is 0 Å². The van der Waals surface area contributed by atoms with Crippen molar-refractivity contribution in [3.05, 3.63) is 35.5 Å². The summed E-state index contributed by atoms with van der Waals surface area (Å²) in [5, 5.41) is 0. The summed E-state index contributed by atoms with van der Waals surface area (Å²) in [7, 11) is 0. The van der Waals surface area contributed by atoms with Gasteiger partial charge in [0.2, 0.25) is 0 Å². The molecule has 0 saturated heterocycles. The first kappa shape index (κ1) is 10.2. The first-order valence-electron chi connectivity index (χ1n) is 4.20. The number of hydrogen-bond acceptors (Lipinski definition) is 0. The Morgan fingerprint density at radius 3 is 2.09 bits per heavy atom. The second-order valence-corrected chi connectivity index (χ2v) is 2.58. The van der Waals surface area contributed by atoms with Crippen LogP contribution in [0.1, 0.15) is 34.1 Å². The van der Waals surface area contributed by atoms with E-state index in [9.17, 15) is 0 Å². The summed E-state index contributed by atoms with van der Waals surface area (Å²) in [6.07, 6.45) is 9.71. The molecule has 0 aromatic rings. The summed E-state index contributed by atoms with van der Waals surface area (Å²) in [4.78, 5) is 0. The number of rotatable bonds is 3. The smallest absolute Gasteiger partial charge is 0.0311 e. The molecule has 0 aliphatic rings. The highest BCUT2D eigenvalue weighted by Gasteiger charge is 1.83. The molecular formula is C11H18. The minimum atomic E-state index is 1.12. The molecule has 0 fully saturated rings. The summed E-state index contributed by atoms with van der Waals surface area (Å²) in [6, 6.07) is 0. The van der Waals surface area contributed by atoms with Gasteiger partial charge in [0, 0.05) is 0 Å². The van der Waals surface area contributed by atoms with Gasteiger partial charge in [-0.05, 0) is 27.2 Å². The van der Waals surface area contributed by atoms with Crippen LogP contribution in [0, 0.1) is 0 Å². The zero-order valence-corrected chi connectivity index (χ0v) is 8.02. The second kappa shape index (κ2) is 5.96. The van der Waals surface area contributed by atoms with Crippen LogP contribution >= 0.6 is 0 Å². The van der Waals surface area contributed by atoms with E-state index in [1.54, 1.807) is 0 Å². The first-order chi connectivity index (χ1) is 5.24. The predicted octanol–water partition coefficient (Wildman–Crippen LogP) is 3.87. The van der Waals surface area contributed by atoms with Gasteiger partial charge >= 0.3 is 0 Å². The van der Waals surface area contributed by atoms with Crippen LogP contribution in [-0.4, -0.2) is 0 Å². The molecule has 0 saturated carbocycles. The standard InChI is InChI=1S/C11H18/c1-5-10(4)8-9-11(6-2)7-3/h5-6,8-9H,7H2,1-4H3/b9-8-,10-5-,11-6-. The van der Waals surface area contributed by atoms with Crippen molar-refractivity contribution in [3.8, 4) is 0 Å². The van der Waals surface area contributed by atoms with E-state index in [2.05, 4.69) is 52.0 Å². The van der Waals surface area contributed by atoms with Crippen LogP contribution in [0.3, 0.4) is 0 Å². The minimum absolute atomic E-state index is 1.12. The van der Waals surface area contributed by atoms with Crippen molar-refractivity contribution in [2.75, 3.05) is 0 Å². The molecule has 11 heavy (non-hydrogen) atoms. The first-order valence-corrected chi connectivity index (χ1v) is 4.20. The van der Waals surface area contributed by atoms with Gasteiger partial charge in [-0.3, -0.25) is 0 Å². The maximum Gasteiger partial charge on any atom is -0.0311 e. The Bertz CT molecular complexity index is 180. The van der Waals surface area contributed by atoms with Crippen molar-refractivity contribution in [1.29, 1.82) is 0 Å². The molecule has 0 N–H and O–H groups in total. The quantitative estimate of drug-likeness (QED) is 0.536. The van der Waals surface area contributed by atoms with Crippen LogP contribution in [0.5, 0.6) is 0 Å². The van der Waals surface area contributed by atoms with Gasteiger partial charge in [-0.15, -0.1) is 0 Å². The molecule has 0 radical (unpaired) electrons. The zero-order valence-electron chi connectivity index (χ0n) is 8.02. The Balaban J connectivity index is 4.12. The highest BCUT2D eigenvalue weighted by molar-refractivity contribution is 5.25. The minimum Gasteiger partial charge on any atom is -0.0847 e. The van der Waals surface area contributed by atoms with Crippen molar-refractivity contribution >= 4 is 0 Å². The molecule has 0 aromatic carbocycles. The summed E-state index contributed by atoms with van der Waals surface area (Å²) in [5.74, 6) is 0. The second-order valence-electron chi connectivity index (χ2n) is 2.58. The van der Waals surface area contributed by atoms with E-state index < -0.39 is 0 Å². The van der Waals surface area contributed by atoms with Crippen molar-refractivity contribution in [3.63, 3.8) is 0 Å². The van der Waals surface area contributed by atoms with Crippen LogP contribution in [0.4, 0.5) is 0 Å². The SMILES string of the molecule is C\C=C(C)/C=C\C(=C/C)CC. The maximum atomic E-state index is 2.18. The maximum absolute atomic E-state index is 2.18. The summed E-state index contributed by atoms with van der Waals surface area (Å²) in [5.41, 5.74) is 2.71. The highest BCUT2D eigenvalue weighted by atomic mass is 13.9. The number of allylic oxidation sites excluding steroid dienone is 6. The van der Waals surface area contributed by atoms with Crippen molar-refractivity contribution in [1.82, 2.24) is 0 Å². The van der Waals surface area contributed by atoms with Gasteiger partial charge in [-0.2, -0.15) is 0 Å². The molecule has 0 aromatic heterocycles. The lowest BCUT2D eigenvalue weighted by Gasteiger charge is -1.93. The van der Waals surface area contributed by atoms with Crippen LogP contribution in [0.15, 0.2) is 35.5 Å². The topological polar surface area (TPSA) is 0 Å². The fraction of sp³-hybridized carbons (Fsp3) is 0.455. The fourth-order valence-electron chi connectivity index (χ4n) is 0.753. The molecule has 0 heteroatoms. The van der Waals surface area contributed by atoms with Gasteiger partial charge in [-0.25, -0.2) is 0 Å². The molecule has 0 unspecified atom stereocenters. The lowest BCUT2D eigenvalue weighted by atomic mass is 10.1. The Labute approximate surface area is 70.3 Å². The Hall–Kier alpha value is -0.780. The Kier molecular flexibility index (Phi) is 5.54. The molecule has 0 spiro atoms. The average molecular weight is 150 g/mol. The molecule has 0 aliphatic carbocycles. The van der Waals surface area contributed by atoms with Crippen LogP contribution < -0.4 is 0 Å². The van der Waals surface area contributed by atoms with Gasteiger partial charge in [0.15, 0.2) is 0 Å². The Morgan fingerprint density at radius 1 is 1.09 bits per heavy atom. The van der Waals surface area contributed by atoms with E-state index in [1.807, 2.05) is 0 Å². The van der Waals surface area contributed by atoms with E-state index in [0.717, 1.165) is 6.42 Å². The van der Waals surface area contributed by atoms with Gasteiger partial charge in [-0.1, -0.05) is 42.4 Å². The molecule has 0 bridgehead atoms. The van der Waals surface area contributed by atoms with Crippen LogP contribution in [0.25, 0.3) is 0 Å². The van der Waals surface area contributed by atoms with Crippen LogP contribution in [-0.2, 0) is 0 Å². The van der Waals surface area contributed by atoms with E-state index in [-0.39, 0.29) is 0 Å². The lowest BCUT2D eigenvalue weighted by Crippen LogP contribution is -1.73. The lowest BCUT2D eigenvalue weighted by molar-refractivity contribution is 1.14. The molecule has 0 atom stereocenters. The van der Waals surface area contributed by atoms with Gasteiger partial charge in [0.25, 0.3) is 0 Å². The normalized spacial score (nSPS) is 14.5. The third-order valence-corrected chi connectivity index (χ3v) is 1.79. The van der Waals surface area contributed by atoms with Crippen molar-refractivity contribution in [2.45, 2.75) is 34.1 Å². The van der Waals surface area contributed by atoms with E-state index in [0.29, 0.717) is 0 Å². The summed E-state index contributed by atoms with van der Waals surface area (Å²) < 4.78 is 0. The monoisotopic (exact) mass is 150 g/mol. The summed E-state index contributed by atoms with van der Waals surface area (Å²) in [6.45, 7) is 8.42. The van der Waals surface area contributed by atoms with Gasteiger partial charge < -0.3 is 0 Å². The van der Waals surface area contributed by atoms with E-state index in [4.69, 9.17) is 0 Å². The van der Waals surface area contributed by atoms with E-state index in [1.165, 1.54) is 11.1 Å². The van der Waals surface area contributed by atoms with Crippen LogP contribution in [0.2, 0.25) is 0 Å². The average Bonchev–Trinajstić information content (AvgIpc) is 2.06. The molecule has 0 amide bonds. The number of hydrogen-bond donors (Lipinski definition) is 0.